The Labute approximate surface area is 151 Å². The van der Waals surface area contributed by atoms with E-state index in [1.807, 2.05) is 0 Å². The molecule has 0 atom stereocenters. The smallest absolute Gasteiger partial charge is 0.244 e. The average Bonchev–Trinajstić information content (AvgIpc) is 3.16. The minimum Gasteiger partial charge on any atom is -0.748 e. The lowest BCUT2D eigenvalue weighted by atomic mass is 9.53. The zero-order valence-electron chi connectivity index (χ0n) is 15.1. The Morgan fingerprint density at radius 3 is 2.00 bits per heavy atom. The van der Waals surface area contributed by atoms with Crippen LogP contribution in [-0.2, 0) is 15.7 Å². The maximum absolute atomic E-state index is 9.08. The van der Waals surface area contributed by atoms with Crippen LogP contribution in [0.25, 0.3) is 0 Å². The highest BCUT2D eigenvalue weighted by atomic mass is 32.2. The van der Waals surface area contributed by atoms with Crippen LogP contribution < -0.4 is 4.57 Å². The van der Waals surface area contributed by atoms with Crippen LogP contribution in [-0.4, -0.2) is 23.8 Å². The van der Waals surface area contributed by atoms with Crippen LogP contribution in [0.5, 0.6) is 0 Å². The van der Waals surface area contributed by atoms with Gasteiger partial charge in [0.1, 0.15) is 24.0 Å². The summed E-state index contributed by atoms with van der Waals surface area (Å²) in [5, 5.41) is 0. The first-order valence-corrected chi connectivity index (χ1v) is 11.6. The monoisotopic (exact) mass is 366 g/mol. The van der Waals surface area contributed by atoms with E-state index in [-0.39, 0.29) is 0 Å². The molecule has 5 aliphatic carbocycles. The molecule has 5 fully saturated rings. The molecule has 0 aromatic carbocycles. The number of rotatable bonds is 2. The third-order valence-corrected chi connectivity index (χ3v) is 6.96. The minimum absolute atomic E-state index is 0.513. The largest absolute Gasteiger partial charge is 0.748 e. The van der Waals surface area contributed by atoms with Crippen molar-refractivity contribution < 1.29 is 17.5 Å². The summed E-state index contributed by atoms with van der Waals surface area (Å²) < 4.78 is 32.4. The number of aromatic nitrogens is 2. The van der Waals surface area contributed by atoms with Gasteiger partial charge in [0.05, 0.1) is 10.1 Å². The molecule has 140 valence electrons. The van der Waals surface area contributed by atoms with Gasteiger partial charge in [0.25, 0.3) is 0 Å². The molecule has 1 aromatic heterocycles. The maximum atomic E-state index is 9.08. The highest BCUT2D eigenvalue weighted by molar-refractivity contribution is 7.84. The highest BCUT2D eigenvalue weighted by Crippen LogP contribution is 2.58. The molecule has 0 N–H and O–H groups in total. The predicted molar refractivity (Wildman–Crippen MR) is 93.9 cm³/mol. The third-order valence-electron chi connectivity index (χ3n) is 6.96. The molecule has 5 aliphatic rings. The van der Waals surface area contributed by atoms with Crippen molar-refractivity contribution in [1.82, 2.24) is 4.57 Å². The van der Waals surface area contributed by atoms with Gasteiger partial charge in [-0.1, -0.05) is 0 Å². The van der Waals surface area contributed by atoms with E-state index < -0.39 is 10.1 Å². The summed E-state index contributed by atoms with van der Waals surface area (Å²) in [7, 11) is -3.92. The zero-order valence-corrected chi connectivity index (χ0v) is 16.0. The van der Waals surface area contributed by atoms with Gasteiger partial charge in [-0.2, -0.15) is 0 Å². The SMILES string of the molecule is CS(=O)(=O)[O-].c1c[n+](C2CCCC2)cn1C12CC3CC(CC(C3)C1)C2. The molecule has 1 heterocycles. The summed E-state index contributed by atoms with van der Waals surface area (Å²) in [5.41, 5.74) is 0.513. The van der Waals surface area contributed by atoms with E-state index in [1.54, 1.807) is 19.3 Å². The molecule has 0 radical (unpaired) electrons. The van der Waals surface area contributed by atoms with Crippen molar-refractivity contribution in [2.24, 2.45) is 17.8 Å². The van der Waals surface area contributed by atoms with Gasteiger partial charge in [0.2, 0.25) is 6.33 Å². The van der Waals surface area contributed by atoms with Crippen molar-refractivity contribution in [3.8, 4) is 0 Å². The summed E-state index contributed by atoms with van der Waals surface area (Å²) in [6, 6.07) is 0.796. The van der Waals surface area contributed by atoms with Gasteiger partial charge >= 0.3 is 0 Å². The molecule has 1 aromatic rings. The summed E-state index contributed by atoms with van der Waals surface area (Å²) in [4.78, 5) is 0. The molecule has 4 bridgehead atoms. The first-order valence-electron chi connectivity index (χ1n) is 9.81. The maximum Gasteiger partial charge on any atom is 0.244 e. The summed E-state index contributed by atoms with van der Waals surface area (Å²) in [6.07, 6.45) is 22.6. The number of imidazole rings is 1. The number of hydrogen-bond donors (Lipinski definition) is 0. The third kappa shape index (κ3) is 3.80. The molecule has 6 heteroatoms. The molecule has 5 nitrogen and oxygen atoms in total. The Morgan fingerprint density at radius 1 is 1.04 bits per heavy atom. The number of nitrogens with zero attached hydrogens (tertiary/aromatic N) is 2. The van der Waals surface area contributed by atoms with E-state index in [0.717, 1.165) is 23.8 Å². The van der Waals surface area contributed by atoms with Crippen molar-refractivity contribution in [3.05, 3.63) is 18.7 Å². The van der Waals surface area contributed by atoms with Crippen LogP contribution in [0.1, 0.15) is 70.3 Å². The zero-order chi connectivity index (χ0) is 17.7. The molecule has 0 amide bonds. The molecule has 5 saturated carbocycles. The Hall–Kier alpha value is -0.880. The fraction of sp³-hybridized carbons (Fsp3) is 0.842. The van der Waals surface area contributed by atoms with E-state index in [9.17, 15) is 0 Å². The molecule has 0 aliphatic heterocycles. The first-order chi connectivity index (χ1) is 11.8. The second-order valence-electron chi connectivity index (χ2n) is 9.05. The quantitative estimate of drug-likeness (QED) is 0.597. The lowest BCUT2D eigenvalue weighted by molar-refractivity contribution is -0.721. The van der Waals surface area contributed by atoms with Crippen molar-refractivity contribution in [1.29, 1.82) is 0 Å². The molecular formula is C19H30N2O3S. The molecule has 0 spiro atoms. The fourth-order valence-electron chi connectivity index (χ4n) is 6.45. The summed E-state index contributed by atoms with van der Waals surface area (Å²) >= 11 is 0. The summed E-state index contributed by atoms with van der Waals surface area (Å²) in [5.74, 6) is 3.13. The highest BCUT2D eigenvalue weighted by Gasteiger charge is 2.54. The molecule has 25 heavy (non-hydrogen) atoms. The van der Waals surface area contributed by atoms with E-state index >= 15 is 0 Å². The van der Waals surface area contributed by atoms with Crippen molar-refractivity contribution in [2.45, 2.75) is 75.8 Å². The van der Waals surface area contributed by atoms with Crippen molar-refractivity contribution >= 4 is 10.1 Å². The van der Waals surface area contributed by atoms with E-state index in [2.05, 4.69) is 27.9 Å². The molecule has 6 rings (SSSR count). The van der Waals surface area contributed by atoms with Crippen LogP contribution in [0.15, 0.2) is 18.7 Å². The second kappa shape index (κ2) is 6.38. The van der Waals surface area contributed by atoms with Gasteiger partial charge in [-0.05, 0) is 82.0 Å². The molecular weight excluding hydrogens is 336 g/mol. The lowest BCUT2D eigenvalue weighted by Gasteiger charge is -2.54. The van der Waals surface area contributed by atoms with Crippen molar-refractivity contribution in [2.75, 3.05) is 6.26 Å². The normalized spacial score (nSPS) is 37.1. The number of hydrogen-bond acceptors (Lipinski definition) is 3. The van der Waals surface area contributed by atoms with Crippen LogP contribution in [0.4, 0.5) is 0 Å². The van der Waals surface area contributed by atoms with Crippen LogP contribution in [0.2, 0.25) is 0 Å². The Kier molecular flexibility index (Phi) is 4.47. The van der Waals surface area contributed by atoms with Crippen LogP contribution >= 0.6 is 0 Å². The van der Waals surface area contributed by atoms with Gasteiger partial charge in [-0.3, -0.25) is 0 Å². The fourth-order valence-corrected chi connectivity index (χ4v) is 6.45. The van der Waals surface area contributed by atoms with Crippen molar-refractivity contribution in [3.63, 3.8) is 0 Å². The topological polar surface area (TPSA) is 66.0 Å². The van der Waals surface area contributed by atoms with E-state index in [0.29, 0.717) is 11.8 Å². The van der Waals surface area contributed by atoms with Crippen LogP contribution in [0, 0.1) is 17.8 Å². The average molecular weight is 367 g/mol. The lowest BCUT2D eigenvalue weighted by Crippen LogP contribution is -2.52. The summed E-state index contributed by atoms with van der Waals surface area (Å²) in [6.45, 7) is 0. The molecule has 0 unspecified atom stereocenters. The first kappa shape index (κ1) is 17.5. The van der Waals surface area contributed by atoms with Gasteiger partial charge < -0.3 is 4.55 Å². The predicted octanol–water partition coefficient (Wildman–Crippen LogP) is 2.98. The van der Waals surface area contributed by atoms with E-state index in [1.165, 1.54) is 44.9 Å². The molecule has 0 saturated heterocycles. The Balaban J connectivity index is 0.000000280. The Bertz CT molecular complexity index is 675. The van der Waals surface area contributed by atoms with Crippen LogP contribution in [0.3, 0.4) is 0 Å². The Morgan fingerprint density at radius 2 is 1.52 bits per heavy atom. The van der Waals surface area contributed by atoms with Gasteiger partial charge in [-0.25, -0.2) is 17.6 Å². The standard InChI is InChI=1S/C18H27N2.CH4O3S/c1-2-4-17(3-1)19-5-6-20(13-19)18-10-14-7-15(11-18)9-16(8-14)12-18;1-5(2,3)4/h5-6,13-17H,1-4,7-12H2;1H3,(H,2,3,4)/q+1;/p-1. The van der Waals surface area contributed by atoms with E-state index in [4.69, 9.17) is 13.0 Å². The van der Waals surface area contributed by atoms with Gasteiger partial charge in [0.15, 0.2) is 0 Å². The van der Waals surface area contributed by atoms with Gasteiger partial charge in [-0.15, -0.1) is 0 Å². The minimum atomic E-state index is -3.92. The second-order valence-corrected chi connectivity index (χ2v) is 10.5. The van der Waals surface area contributed by atoms with Gasteiger partial charge in [0, 0.05) is 6.26 Å².